The van der Waals surface area contributed by atoms with E-state index in [0.717, 1.165) is 55.7 Å². The summed E-state index contributed by atoms with van der Waals surface area (Å²) in [7, 11) is 0. The second kappa shape index (κ2) is 11.3. The van der Waals surface area contributed by atoms with E-state index in [0.29, 0.717) is 0 Å². The molecule has 242 valence electrons. The van der Waals surface area contributed by atoms with Crippen molar-refractivity contribution in [3.8, 4) is 33.4 Å². The standard InChI is InChI=1S/C49H35NO/c1-49(2)42-25-13-11-23-38(42)39-29-28-35(31-43(39)49)50(44-26-14-12-21-36(44)32-16-5-3-6-17-32)45-27-15-24-40-46-37-22-10-9-20-34(37)30-41(48(46)51-47(40)45)33-18-7-4-8-19-33/h3-31H,1-2H3. The summed E-state index contributed by atoms with van der Waals surface area (Å²) in [6.45, 7) is 4.69. The lowest BCUT2D eigenvalue weighted by Crippen LogP contribution is -2.17. The summed E-state index contributed by atoms with van der Waals surface area (Å²) in [6.07, 6.45) is 0. The summed E-state index contributed by atoms with van der Waals surface area (Å²) in [5, 5.41) is 4.64. The highest BCUT2D eigenvalue weighted by Gasteiger charge is 2.36. The van der Waals surface area contributed by atoms with Crippen LogP contribution in [0.4, 0.5) is 17.1 Å². The second-order valence-corrected chi connectivity index (χ2v) is 14.1. The van der Waals surface area contributed by atoms with Crippen molar-refractivity contribution in [1.29, 1.82) is 0 Å². The molecule has 1 aliphatic rings. The van der Waals surface area contributed by atoms with Crippen LogP contribution in [0.25, 0.3) is 66.1 Å². The fourth-order valence-corrected chi connectivity index (χ4v) is 8.41. The number of hydrogen-bond acceptors (Lipinski definition) is 2. The predicted octanol–water partition coefficient (Wildman–Crippen LogP) is 13.8. The molecule has 2 heteroatoms. The molecule has 1 aromatic heterocycles. The van der Waals surface area contributed by atoms with Crippen LogP contribution in [0.3, 0.4) is 0 Å². The van der Waals surface area contributed by atoms with Crippen molar-refractivity contribution < 1.29 is 4.42 Å². The fraction of sp³-hybridized carbons (Fsp3) is 0.0612. The summed E-state index contributed by atoms with van der Waals surface area (Å²) < 4.78 is 7.19. The van der Waals surface area contributed by atoms with Gasteiger partial charge in [0.05, 0.1) is 11.4 Å². The number of rotatable bonds is 5. The van der Waals surface area contributed by atoms with Crippen molar-refractivity contribution in [2.75, 3.05) is 4.90 Å². The number of nitrogens with zero attached hydrogens (tertiary/aromatic N) is 1. The van der Waals surface area contributed by atoms with E-state index >= 15 is 0 Å². The quantitative estimate of drug-likeness (QED) is 0.184. The van der Waals surface area contributed by atoms with Gasteiger partial charge in [-0.05, 0) is 74.5 Å². The zero-order valence-electron chi connectivity index (χ0n) is 28.6. The summed E-state index contributed by atoms with van der Waals surface area (Å²) in [6, 6.07) is 63.4. The van der Waals surface area contributed by atoms with E-state index in [2.05, 4.69) is 195 Å². The van der Waals surface area contributed by atoms with Gasteiger partial charge >= 0.3 is 0 Å². The number of benzene rings is 8. The minimum absolute atomic E-state index is 0.137. The molecule has 0 atom stereocenters. The smallest absolute Gasteiger partial charge is 0.159 e. The van der Waals surface area contributed by atoms with Crippen molar-refractivity contribution in [2.24, 2.45) is 0 Å². The van der Waals surface area contributed by atoms with E-state index in [1.807, 2.05) is 0 Å². The van der Waals surface area contributed by atoms with Gasteiger partial charge in [0.25, 0.3) is 0 Å². The number of para-hydroxylation sites is 2. The Morgan fingerprint density at radius 1 is 0.431 bits per heavy atom. The van der Waals surface area contributed by atoms with Crippen molar-refractivity contribution >= 4 is 49.8 Å². The van der Waals surface area contributed by atoms with Crippen molar-refractivity contribution in [1.82, 2.24) is 0 Å². The topological polar surface area (TPSA) is 16.4 Å². The van der Waals surface area contributed by atoms with Crippen LogP contribution in [0, 0.1) is 0 Å². The summed E-state index contributed by atoms with van der Waals surface area (Å²) in [5.41, 5.74) is 14.7. The highest BCUT2D eigenvalue weighted by Crippen LogP contribution is 2.52. The maximum absolute atomic E-state index is 7.19. The van der Waals surface area contributed by atoms with Crippen LogP contribution in [0.15, 0.2) is 180 Å². The van der Waals surface area contributed by atoms with Crippen LogP contribution < -0.4 is 4.90 Å². The largest absolute Gasteiger partial charge is 0.453 e. The predicted molar refractivity (Wildman–Crippen MR) is 214 cm³/mol. The zero-order valence-corrected chi connectivity index (χ0v) is 28.6. The van der Waals surface area contributed by atoms with E-state index in [1.165, 1.54) is 38.6 Å². The molecule has 10 rings (SSSR count). The number of fused-ring (bicyclic) bond motifs is 8. The normalized spacial score (nSPS) is 13.1. The van der Waals surface area contributed by atoms with Gasteiger partial charge in [0, 0.05) is 33.0 Å². The highest BCUT2D eigenvalue weighted by molar-refractivity contribution is 6.24. The third-order valence-electron chi connectivity index (χ3n) is 10.9. The first-order valence-corrected chi connectivity index (χ1v) is 17.7. The van der Waals surface area contributed by atoms with Gasteiger partial charge in [-0.25, -0.2) is 0 Å². The first kappa shape index (κ1) is 29.5. The van der Waals surface area contributed by atoms with E-state index in [4.69, 9.17) is 4.42 Å². The molecular formula is C49H35NO. The second-order valence-electron chi connectivity index (χ2n) is 14.1. The number of hydrogen-bond donors (Lipinski definition) is 0. The first-order chi connectivity index (χ1) is 25.1. The van der Waals surface area contributed by atoms with Gasteiger partial charge in [0.15, 0.2) is 5.58 Å². The molecule has 0 unspecified atom stereocenters. The van der Waals surface area contributed by atoms with Crippen LogP contribution in [-0.4, -0.2) is 0 Å². The van der Waals surface area contributed by atoms with Crippen LogP contribution in [-0.2, 0) is 5.41 Å². The third-order valence-corrected chi connectivity index (χ3v) is 10.9. The molecule has 9 aromatic rings. The highest BCUT2D eigenvalue weighted by atomic mass is 16.3. The molecule has 1 aliphatic carbocycles. The fourth-order valence-electron chi connectivity index (χ4n) is 8.41. The molecule has 8 aromatic carbocycles. The molecule has 0 amide bonds. The van der Waals surface area contributed by atoms with Crippen LogP contribution >= 0.6 is 0 Å². The lowest BCUT2D eigenvalue weighted by Gasteiger charge is -2.29. The van der Waals surface area contributed by atoms with E-state index in [9.17, 15) is 0 Å². The molecule has 0 spiro atoms. The van der Waals surface area contributed by atoms with Crippen molar-refractivity contribution in [3.05, 3.63) is 187 Å². The van der Waals surface area contributed by atoms with Crippen molar-refractivity contribution in [2.45, 2.75) is 19.3 Å². The molecule has 2 nitrogen and oxygen atoms in total. The SMILES string of the molecule is CC1(C)c2ccccc2-c2ccc(N(c3ccccc3-c3ccccc3)c3cccc4c3oc3c(-c5ccccc5)cc5ccccc5c34)cc21. The molecule has 0 bridgehead atoms. The Morgan fingerprint density at radius 3 is 1.84 bits per heavy atom. The Balaban J connectivity index is 1.29. The number of anilines is 3. The van der Waals surface area contributed by atoms with E-state index in [1.54, 1.807) is 0 Å². The minimum atomic E-state index is -0.137. The lowest BCUT2D eigenvalue weighted by molar-refractivity contribution is 0.660. The number of furan rings is 1. The maximum Gasteiger partial charge on any atom is 0.159 e. The van der Waals surface area contributed by atoms with Crippen LogP contribution in [0.5, 0.6) is 0 Å². The Morgan fingerprint density at radius 2 is 1.04 bits per heavy atom. The van der Waals surface area contributed by atoms with E-state index in [-0.39, 0.29) is 5.41 Å². The maximum atomic E-state index is 7.19. The Kier molecular flexibility index (Phi) is 6.56. The van der Waals surface area contributed by atoms with Crippen molar-refractivity contribution in [3.63, 3.8) is 0 Å². The van der Waals surface area contributed by atoms with Gasteiger partial charge in [0.1, 0.15) is 5.58 Å². The molecule has 0 aliphatic heterocycles. The minimum Gasteiger partial charge on any atom is -0.453 e. The molecule has 0 N–H and O–H groups in total. The van der Waals surface area contributed by atoms with Gasteiger partial charge in [-0.3, -0.25) is 0 Å². The summed E-state index contributed by atoms with van der Waals surface area (Å²) in [5.74, 6) is 0. The molecule has 0 fully saturated rings. The molecule has 0 saturated carbocycles. The summed E-state index contributed by atoms with van der Waals surface area (Å²) in [4.78, 5) is 2.41. The van der Waals surface area contributed by atoms with Gasteiger partial charge in [-0.2, -0.15) is 0 Å². The Labute approximate surface area is 297 Å². The lowest BCUT2D eigenvalue weighted by atomic mass is 9.82. The van der Waals surface area contributed by atoms with Gasteiger partial charge in [-0.15, -0.1) is 0 Å². The zero-order chi connectivity index (χ0) is 34.1. The Bertz CT molecular complexity index is 2770. The van der Waals surface area contributed by atoms with Crippen LogP contribution in [0.2, 0.25) is 0 Å². The molecule has 51 heavy (non-hydrogen) atoms. The van der Waals surface area contributed by atoms with Gasteiger partial charge in [-0.1, -0.05) is 159 Å². The van der Waals surface area contributed by atoms with E-state index < -0.39 is 0 Å². The van der Waals surface area contributed by atoms with Gasteiger partial charge in [0.2, 0.25) is 0 Å². The molecule has 1 heterocycles. The first-order valence-electron chi connectivity index (χ1n) is 17.7. The molecular weight excluding hydrogens is 619 g/mol. The van der Waals surface area contributed by atoms with Gasteiger partial charge < -0.3 is 9.32 Å². The van der Waals surface area contributed by atoms with Crippen LogP contribution in [0.1, 0.15) is 25.0 Å². The average Bonchev–Trinajstić information content (AvgIpc) is 3.69. The summed E-state index contributed by atoms with van der Waals surface area (Å²) >= 11 is 0. The molecule has 0 radical (unpaired) electrons. The Hall–Kier alpha value is -6.38. The monoisotopic (exact) mass is 653 g/mol. The molecule has 0 saturated heterocycles. The third kappa shape index (κ3) is 4.50. The average molecular weight is 654 g/mol.